The molecule has 3 rings (SSSR count). The van der Waals surface area contributed by atoms with Gasteiger partial charge in [0.2, 0.25) is 5.91 Å². The summed E-state index contributed by atoms with van der Waals surface area (Å²) in [6, 6.07) is 9.87. The molecule has 0 bridgehead atoms. The van der Waals surface area contributed by atoms with Gasteiger partial charge in [-0.3, -0.25) is 9.78 Å². The summed E-state index contributed by atoms with van der Waals surface area (Å²) in [6.45, 7) is 3.37. The fourth-order valence-electron chi connectivity index (χ4n) is 3.06. The van der Waals surface area contributed by atoms with Gasteiger partial charge in [-0.1, -0.05) is 18.2 Å². The average Bonchev–Trinajstić information content (AvgIpc) is 3.13. The van der Waals surface area contributed by atoms with Crippen LogP contribution in [0.4, 0.5) is 0 Å². The summed E-state index contributed by atoms with van der Waals surface area (Å²) in [6.07, 6.45) is 5.37. The molecule has 1 aliphatic heterocycles. The number of pyridine rings is 1. The zero-order chi connectivity index (χ0) is 16.6. The number of hydrogen-bond acceptors (Lipinski definition) is 4. The molecule has 0 aliphatic carbocycles. The van der Waals surface area contributed by atoms with E-state index in [0.29, 0.717) is 25.5 Å². The summed E-state index contributed by atoms with van der Waals surface area (Å²) < 4.78 is 5.82. The first-order valence-corrected chi connectivity index (χ1v) is 8.77. The van der Waals surface area contributed by atoms with Crippen molar-refractivity contribution < 1.29 is 9.53 Å². The topological polar surface area (TPSA) is 63.2 Å². The minimum absolute atomic E-state index is 0. The monoisotopic (exact) mass is 399 g/mol. The molecule has 1 unspecified atom stereocenters. The molecule has 1 amide bonds. The first kappa shape index (κ1) is 22.5. The molecule has 1 fully saturated rings. The normalized spacial score (nSPS) is 15.8. The molecule has 7 heteroatoms. The van der Waals surface area contributed by atoms with E-state index in [4.69, 9.17) is 4.74 Å². The van der Waals surface area contributed by atoms with Gasteiger partial charge < -0.3 is 15.4 Å². The fourth-order valence-corrected chi connectivity index (χ4v) is 3.06. The van der Waals surface area contributed by atoms with Gasteiger partial charge in [0.25, 0.3) is 0 Å². The van der Waals surface area contributed by atoms with Crippen LogP contribution < -0.4 is 15.4 Å². The smallest absolute Gasteiger partial charge is 0.220 e. The van der Waals surface area contributed by atoms with Crippen molar-refractivity contribution >= 4 is 41.6 Å². The van der Waals surface area contributed by atoms with E-state index in [1.165, 1.54) is 6.42 Å². The summed E-state index contributed by atoms with van der Waals surface area (Å²) in [5.74, 6) is 1.61. The van der Waals surface area contributed by atoms with Gasteiger partial charge in [-0.2, -0.15) is 0 Å². The second-order valence-electron chi connectivity index (χ2n) is 6.28. The number of carbonyl (C=O) groups is 1. The van der Waals surface area contributed by atoms with Crippen LogP contribution in [0.1, 0.15) is 25.7 Å². The van der Waals surface area contributed by atoms with Gasteiger partial charge in [0, 0.05) is 24.5 Å². The Hall–Kier alpha value is -1.56. The third-order valence-corrected chi connectivity index (χ3v) is 4.44. The number of para-hydroxylation sites is 1. The van der Waals surface area contributed by atoms with Crippen molar-refractivity contribution in [1.82, 2.24) is 15.6 Å². The lowest BCUT2D eigenvalue weighted by Crippen LogP contribution is -2.26. The number of fused-ring (bicyclic) bond motifs is 1. The summed E-state index contributed by atoms with van der Waals surface area (Å²) in [7, 11) is 0. The van der Waals surface area contributed by atoms with Crippen LogP contribution in [0, 0.1) is 5.92 Å². The average molecular weight is 400 g/mol. The first-order valence-electron chi connectivity index (χ1n) is 8.77. The molecule has 1 aromatic carbocycles. The van der Waals surface area contributed by atoms with Crippen molar-refractivity contribution in [2.24, 2.45) is 5.92 Å². The minimum Gasteiger partial charge on any atom is -0.491 e. The summed E-state index contributed by atoms with van der Waals surface area (Å²) in [5.41, 5.74) is 0.884. The largest absolute Gasteiger partial charge is 0.491 e. The zero-order valence-corrected chi connectivity index (χ0v) is 16.4. The van der Waals surface area contributed by atoms with Crippen molar-refractivity contribution in [3.63, 3.8) is 0 Å². The van der Waals surface area contributed by atoms with Gasteiger partial charge in [0.1, 0.15) is 11.3 Å². The fraction of sp³-hybridized carbons (Fsp3) is 0.474. The molecule has 2 N–H and O–H groups in total. The SMILES string of the molecule is Cl.Cl.O=C(CCC1CCNC1)NCCCOc1cccc2cccnc12. The lowest BCUT2D eigenvalue weighted by atomic mass is 10.0. The molecule has 2 heterocycles. The molecule has 1 aliphatic rings. The standard InChI is InChI=1S/C19H25N3O2.2ClH/c23-18(8-7-15-9-12-20-14-15)21-11-3-13-24-17-6-1-4-16-5-2-10-22-19(16)17;;/h1-2,4-6,10,15,20H,3,7-9,11-14H2,(H,21,23);2*1H. The molecule has 0 saturated carbocycles. The van der Waals surface area contributed by atoms with E-state index in [0.717, 1.165) is 42.6 Å². The Labute approximate surface area is 167 Å². The van der Waals surface area contributed by atoms with Crippen LogP contribution in [0.25, 0.3) is 10.9 Å². The predicted octanol–water partition coefficient (Wildman–Crippen LogP) is 3.35. The van der Waals surface area contributed by atoms with Gasteiger partial charge >= 0.3 is 0 Å². The van der Waals surface area contributed by atoms with Crippen LogP contribution in [0.5, 0.6) is 5.75 Å². The number of amides is 1. The number of nitrogens with one attached hydrogen (secondary N) is 2. The Kier molecular flexibility index (Phi) is 10.3. The third kappa shape index (κ3) is 6.63. The van der Waals surface area contributed by atoms with Crippen molar-refractivity contribution in [3.8, 4) is 5.75 Å². The number of nitrogens with zero attached hydrogens (tertiary/aromatic N) is 1. The molecule has 26 heavy (non-hydrogen) atoms. The second kappa shape index (κ2) is 11.9. The van der Waals surface area contributed by atoms with Gasteiger partial charge in [-0.05, 0) is 50.4 Å². The molecule has 1 saturated heterocycles. The predicted molar refractivity (Wildman–Crippen MR) is 110 cm³/mol. The summed E-state index contributed by atoms with van der Waals surface area (Å²) >= 11 is 0. The molecule has 1 aromatic heterocycles. The van der Waals surface area contributed by atoms with Crippen LogP contribution in [0.3, 0.4) is 0 Å². The maximum Gasteiger partial charge on any atom is 0.220 e. The van der Waals surface area contributed by atoms with Gasteiger partial charge in [-0.25, -0.2) is 0 Å². The highest BCUT2D eigenvalue weighted by Gasteiger charge is 2.15. The van der Waals surface area contributed by atoms with Crippen LogP contribution in [0.15, 0.2) is 36.5 Å². The number of carbonyl (C=O) groups excluding carboxylic acids is 1. The molecular weight excluding hydrogens is 373 g/mol. The van der Waals surface area contributed by atoms with Gasteiger partial charge in [-0.15, -0.1) is 24.8 Å². The maximum atomic E-state index is 11.8. The Morgan fingerprint density at radius 3 is 2.92 bits per heavy atom. The Bertz CT molecular complexity index is 673. The van der Waals surface area contributed by atoms with Crippen LogP contribution in [-0.2, 0) is 4.79 Å². The lowest BCUT2D eigenvalue weighted by Gasteiger charge is -2.10. The van der Waals surface area contributed by atoms with E-state index in [-0.39, 0.29) is 30.7 Å². The molecule has 1 atom stereocenters. The number of aromatic nitrogens is 1. The minimum atomic E-state index is 0. The quantitative estimate of drug-likeness (QED) is 0.668. The van der Waals surface area contributed by atoms with Crippen molar-refractivity contribution in [1.29, 1.82) is 0 Å². The van der Waals surface area contributed by atoms with E-state index >= 15 is 0 Å². The number of benzene rings is 1. The van der Waals surface area contributed by atoms with E-state index in [1.54, 1.807) is 6.20 Å². The van der Waals surface area contributed by atoms with Crippen LogP contribution in [-0.4, -0.2) is 37.1 Å². The Balaban J connectivity index is 0.00000169. The Morgan fingerprint density at radius 2 is 2.12 bits per heavy atom. The van der Waals surface area contributed by atoms with Gasteiger partial charge in [0.15, 0.2) is 0 Å². The highest BCUT2D eigenvalue weighted by molar-refractivity contribution is 5.85. The highest BCUT2D eigenvalue weighted by Crippen LogP contribution is 2.22. The van der Waals surface area contributed by atoms with Crippen molar-refractivity contribution in [2.75, 3.05) is 26.2 Å². The van der Waals surface area contributed by atoms with E-state index < -0.39 is 0 Å². The summed E-state index contributed by atoms with van der Waals surface area (Å²) in [4.78, 5) is 16.2. The van der Waals surface area contributed by atoms with Crippen molar-refractivity contribution in [3.05, 3.63) is 36.5 Å². The molecular formula is C19H27Cl2N3O2. The van der Waals surface area contributed by atoms with Crippen LogP contribution >= 0.6 is 24.8 Å². The zero-order valence-electron chi connectivity index (χ0n) is 14.8. The molecule has 5 nitrogen and oxygen atoms in total. The molecule has 2 aromatic rings. The maximum absolute atomic E-state index is 11.8. The third-order valence-electron chi connectivity index (χ3n) is 4.44. The lowest BCUT2D eigenvalue weighted by molar-refractivity contribution is -0.121. The number of hydrogen-bond donors (Lipinski definition) is 2. The van der Waals surface area contributed by atoms with E-state index in [1.807, 2.05) is 30.3 Å². The molecule has 144 valence electrons. The highest BCUT2D eigenvalue weighted by atomic mass is 35.5. The number of halogens is 2. The van der Waals surface area contributed by atoms with Crippen molar-refractivity contribution in [2.45, 2.75) is 25.7 Å². The Morgan fingerprint density at radius 1 is 1.27 bits per heavy atom. The number of ether oxygens (including phenoxy) is 1. The second-order valence-corrected chi connectivity index (χ2v) is 6.28. The van der Waals surface area contributed by atoms with Crippen LogP contribution in [0.2, 0.25) is 0 Å². The molecule has 0 spiro atoms. The summed E-state index contributed by atoms with van der Waals surface area (Å²) in [5, 5.41) is 7.38. The first-order chi connectivity index (χ1) is 11.8. The van der Waals surface area contributed by atoms with E-state index in [2.05, 4.69) is 15.6 Å². The number of rotatable bonds is 8. The van der Waals surface area contributed by atoms with E-state index in [9.17, 15) is 4.79 Å². The molecule has 0 radical (unpaired) electrons. The van der Waals surface area contributed by atoms with Gasteiger partial charge in [0.05, 0.1) is 6.61 Å².